The van der Waals surface area contributed by atoms with Gasteiger partial charge in [-0.3, -0.25) is 0 Å². The highest BCUT2D eigenvalue weighted by Crippen LogP contribution is 2.54. The molecule has 1 aliphatic carbocycles. The van der Waals surface area contributed by atoms with Crippen molar-refractivity contribution in [3.63, 3.8) is 0 Å². The molecule has 82 valence electrons. The molecule has 0 aliphatic heterocycles. The number of hydrogen-bond donors (Lipinski definition) is 1. The summed E-state index contributed by atoms with van der Waals surface area (Å²) in [6.07, 6.45) is 1.24. The first-order valence-corrected chi connectivity index (χ1v) is 5.24. The van der Waals surface area contributed by atoms with Crippen LogP contribution in [0.3, 0.4) is 0 Å². The van der Waals surface area contributed by atoms with E-state index in [9.17, 15) is 13.9 Å². The van der Waals surface area contributed by atoms with E-state index >= 15 is 0 Å². The fraction of sp³-hybridized carbons (Fsp3) is 0.455. The van der Waals surface area contributed by atoms with Crippen molar-refractivity contribution in [3.05, 3.63) is 34.4 Å². The smallest absolute Gasteiger partial charge is 0.142 e. The quantitative estimate of drug-likeness (QED) is 0.777. The predicted octanol–water partition coefficient (Wildman–Crippen LogP) is 3.24. The number of hydrogen-bond acceptors (Lipinski definition) is 1. The van der Waals surface area contributed by atoms with E-state index in [-0.39, 0.29) is 16.5 Å². The lowest BCUT2D eigenvalue weighted by molar-refractivity contribution is 0.125. The average molecular weight is 233 g/mol. The van der Waals surface area contributed by atoms with E-state index < -0.39 is 17.2 Å². The number of rotatable bonds is 2. The summed E-state index contributed by atoms with van der Waals surface area (Å²) in [6.45, 7) is 1.91. The molecule has 1 fully saturated rings. The Bertz CT molecular complexity index is 408. The van der Waals surface area contributed by atoms with Gasteiger partial charge >= 0.3 is 0 Å². The molecular formula is C11H11ClF2O. The normalized spacial score (nSPS) is 29.3. The minimum Gasteiger partial charge on any atom is -0.385 e. The van der Waals surface area contributed by atoms with Crippen molar-refractivity contribution in [2.24, 2.45) is 5.92 Å². The molecule has 1 aromatic carbocycles. The van der Waals surface area contributed by atoms with Gasteiger partial charge < -0.3 is 5.11 Å². The molecular weight excluding hydrogens is 222 g/mol. The zero-order valence-corrected chi connectivity index (χ0v) is 8.98. The highest BCUT2D eigenvalue weighted by molar-refractivity contribution is 6.30. The van der Waals surface area contributed by atoms with Crippen LogP contribution in [-0.4, -0.2) is 5.11 Å². The van der Waals surface area contributed by atoms with Gasteiger partial charge in [-0.15, -0.1) is 0 Å². The zero-order chi connectivity index (χ0) is 11.2. The molecule has 0 spiro atoms. The van der Waals surface area contributed by atoms with Crippen LogP contribution in [0.15, 0.2) is 12.1 Å². The maximum Gasteiger partial charge on any atom is 0.142 e. The highest BCUT2D eigenvalue weighted by atomic mass is 35.5. The van der Waals surface area contributed by atoms with Crippen molar-refractivity contribution in [1.29, 1.82) is 0 Å². The number of aliphatic hydroxyl groups is 1. The van der Waals surface area contributed by atoms with E-state index in [4.69, 9.17) is 11.6 Å². The van der Waals surface area contributed by atoms with E-state index in [0.29, 0.717) is 6.42 Å². The Kier molecular flexibility index (Phi) is 2.47. The highest BCUT2D eigenvalue weighted by Gasteiger charge is 2.54. The van der Waals surface area contributed by atoms with E-state index in [1.807, 2.05) is 6.92 Å². The van der Waals surface area contributed by atoms with Gasteiger partial charge in [0.25, 0.3) is 0 Å². The van der Waals surface area contributed by atoms with Crippen LogP contribution in [0.5, 0.6) is 0 Å². The summed E-state index contributed by atoms with van der Waals surface area (Å²) < 4.78 is 26.6. The first-order chi connectivity index (χ1) is 6.99. The lowest BCUT2D eigenvalue weighted by Gasteiger charge is -2.12. The van der Waals surface area contributed by atoms with Crippen LogP contribution in [0.2, 0.25) is 5.02 Å². The molecule has 0 saturated heterocycles. The molecule has 0 heterocycles. The Balaban J connectivity index is 2.42. The maximum atomic E-state index is 13.5. The molecule has 4 heteroatoms. The summed E-state index contributed by atoms with van der Waals surface area (Å²) in [5.74, 6) is -1.31. The molecule has 1 saturated carbocycles. The first kappa shape index (κ1) is 10.8. The van der Waals surface area contributed by atoms with Gasteiger partial charge in [0.2, 0.25) is 0 Å². The summed E-state index contributed by atoms with van der Waals surface area (Å²) in [5.41, 5.74) is -1.17. The maximum absolute atomic E-state index is 13.5. The van der Waals surface area contributed by atoms with Crippen molar-refractivity contribution in [3.8, 4) is 0 Å². The largest absolute Gasteiger partial charge is 0.385 e. The zero-order valence-electron chi connectivity index (χ0n) is 8.23. The van der Waals surface area contributed by atoms with Crippen LogP contribution >= 0.6 is 11.6 Å². The summed E-state index contributed by atoms with van der Waals surface area (Å²) >= 11 is 5.43. The summed E-state index contributed by atoms with van der Waals surface area (Å²) in [6, 6.07) is 1.91. The molecule has 0 bridgehead atoms. The monoisotopic (exact) mass is 232 g/mol. The fourth-order valence-electron chi connectivity index (χ4n) is 1.98. The fourth-order valence-corrected chi connectivity index (χ4v) is 2.13. The van der Waals surface area contributed by atoms with Crippen molar-refractivity contribution in [2.45, 2.75) is 25.4 Å². The molecule has 2 unspecified atom stereocenters. The predicted molar refractivity (Wildman–Crippen MR) is 53.7 cm³/mol. The molecule has 1 aliphatic rings. The molecule has 1 aromatic rings. The van der Waals surface area contributed by atoms with Crippen molar-refractivity contribution in [1.82, 2.24) is 0 Å². The van der Waals surface area contributed by atoms with Crippen molar-refractivity contribution < 1.29 is 13.9 Å². The second-order valence-electron chi connectivity index (χ2n) is 3.98. The van der Waals surface area contributed by atoms with Crippen molar-refractivity contribution in [2.75, 3.05) is 0 Å². The topological polar surface area (TPSA) is 20.2 Å². The third kappa shape index (κ3) is 1.64. The Hall–Kier alpha value is -0.670. The van der Waals surface area contributed by atoms with Gasteiger partial charge in [0, 0.05) is 5.56 Å². The van der Waals surface area contributed by atoms with Gasteiger partial charge in [0.05, 0.1) is 10.6 Å². The second kappa shape index (κ2) is 3.42. The van der Waals surface area contributed by atoms with Gasteiger partial charge in [-0.25, -0.2) is 8.78 Å². The van der Waals surface area contributed by atoms with Gasteiger partial charge in [0.15, 0.2) is 0 Å². The van der Waals surface area contributed by atoms with Gasteiger partial charge in [0.1, 0.15) is 11.6 Å². The van der Waals surface area contributed by atoms with Crippen LogP contribution in [0.25, 0.3) is 0 Å². The molecule has 0 aromatic heterocycles. The molecule has 15 heavy (non-hydrogen) atoms. The minimum absolute atomic E-state index is 0.0209. The lowest BCUT2D eigenvalue weighted by atomic mass is 10.0. The Morgan fingerprint density at radius 1 is 1.47 bits per heavy atom. The molecule has 0 radical (unpaired) electrons. The molecule has 2 rings (SSSR count). The van der Waals surface area contributed by atoms with Crippen LogP contribution in [0.4, 0.5) is 8.78 Å². The van der Waals surface area contributed by atoms with Gasteiger partial charge in [-0.05, 0) is 24.5 Å². The molecule has 0 amide bonds. The van der Waals surface area contributed by atoms with Crippen molar-refractivity contribution >= 4 is 11.6 Å². The van der Waals surface area contributed by atoms with Crippen LogP contribution in [0, 0.1) is 17.6 Å². The second-order valence-corrected chi connectivity index (χ2v) is 4.39. The number of benzene rings is 1. The van der Waals surface area contributed by atoms with Crippen LogP contribution in [0.1, 0.15) is 25.3 Å². The van der Waals surface area contributed by atoms with Gasteiger partial charge in [-0.1, -0.05) is 24.9 Å². The SMILES string of the molecule is CCC1CC1(O)c1cc(F)c(Cl)cc1F. The standard InChI is InChI=1S/C11H11ClF2O/c1-2-6-5-11(6,15)7-3-10(14)8(12)4-9(7)13/h3-4,6,15H,2,5H2,1H3. The molecule has 2 atom stereocenters. The van der Waals surface area contributed by atoms with E-state index in [0.717, 1.165) is 18.6 Å². The Morgan fingerprint density at radius 2 is 2.13 bits per heavy atom. The Morgan fingerprint density at radius 3 is 2.67 bits per heavy atom. The number of halogens is 3. The third-order valence-electron chi connectivity index (χ3n) is 3.04. The summed E-state index contributed by atoms with van der Waals surface area (Å²) in [7, 11) is 0. The summed E-state index contributed by atoms with van der Waals surface area (Å²) in [5, 5.41) is 9.75. The minimum atomic E-state index is -1.19. The first-order valence-electron chi connectivity index (χ1n) is 4.86. The third-order valence-corrected chi connectivity index (χ3v) is 3.33. The van der Waals surface area contributed by atoms with E-state index in [2.05, 4.69) is 0 Å². The summed E-state index contributed by atoms with van der Waals surface area (Å²) in [4.78, 5) is 0. The molecule has 1 nitrogen and oxygen atoms in total. The average Bonchev–Trinajstić information content (AvgIpc) is 2.84. The van der Waals surface area contributed by atoms with Gasteiger partial charge in [-0.2, -0.15) is 0 Å². The van der Waals surface area contributed by atoms with Crippen LogP contribution < -0.4 is 0 Å². The Labute approximate surface area is 91.7 Å². The lowest BCUT2D eigenvalue weighted by Crippen LogP contribution is -2.11. The van der Waals surface area contributed by atoms with E-state index in [1.165, 1.54) is 0 Å². The molecule has 1 N–H and O–H groups in total. The van der Waals surface area contributed by atoms with E-state index in [1.54, 1.807) is 0 Å². The van der Waals surface area contributed by atoms with Crippen LogP contribution in [-0.2, 0) is 5.60 Å².